The van der Waals surface area contributed by atoms with Crippen molar-refractivity contribution in [2.45, 2.75) is 31.8 Å². The summed E-state index contributed by atoms with van der Waals surface area (Å²) < 4.78 is 11.0. The molecule has 0 aliphatic heterocycles. The molecule has 3 nitrogen and oxygen atoms in total. The van der Waals surface area contributed by atoms with Gasteiger partial charge in [0.25, 0.3) is 0 Å². The monoisotopic (exact) mass is 311 g/mol. The third-order valence-electron chi connectivity index (χ3n) is 4.21. The van der Waals surface area contributed by atoms with Gasteiger partial charge in [0.05, 0.1) is 13.7 Å². The van der Waals surface area contributed by atoms with Gasteiger partial charge >= 0.3 is 0 Å². The van der Waals surface area contributed by atoms with Crippen LogP contribution in [-0.4, -0.2) is 31.2 Å². The summed E-state index contributed by atoms with van der Waals surface area (Å²) in [6.07, 6.45) is 3.72. The van der Waals surface area contributed by atoms with Crippen LogP contribution < -0.4 is 9.47 Å². The van der Waals surface area contributed by atoms with Gasteiger partial charge in [-0.15, -0.1) is 0 Å². The van der Waals surface area contributed by atoms with Crippen molar-refractivity contribution < 1.29 is 9.47 Å². The predicted molar refractivity (Wildman–Crippen MR) is 93.0 cm³/mol. The average Bonchev–Trinajstić information content (AvgIpc) is 3.44. The summed E-state index contributed by atoms with van der Waals surface area (Å²) in [5, 5.41) is 0. The molecule has 23 heavy (non-hydrogen) atoms. The highest BCUT2D eigenvalue weighted by Gasteiger charge is 2.28. The van der Waals surface area contributed by atoms with Crippen molar-refractivity contribution in [3.05, 3.63) is 60.2 Å². The largest absolute Gasteiger partial charge is 0.497 e. The van der Waals surface area contributed by atoms with Crippen LogP contribution >= 0.6 is 0 Å². The fraction of sp³-hybridized carbons (Fsp3) is 0.400. The summed E-state index contributed by atoms with van der Waals surface area (Å²) in [6, 6.07) is 19.2. The molecule has 0 atom stereocenters. The third kappa shape index (κ3) is 5.00. The van der Waals surface area contributed by atoms with Gasteiger partial charge in [0.15, 0.2) is 0 Å². The van der Waals surface area contributed by atoms with E-state index >= 15 is 0 Å². The van der Waals surface area contributed by atoms with Crippen molar-refractivity contribution in [1.29, 1.82) is 0 Å². The van der Waals surface area contributed by atoms with Crippen molar-refractivity contribution in [2.24, 2.45) is 0 Å². The molecular weight excluding hydrogens is 286 g/mol. The fourth-order valence-electron chi connectivity index (χ4n) is 2.77. The average molecular weight is 311 g/mol. The topological polar surface area (TPSA) is 21.7 Å². The van der Waals surface area contributed by atoms with Crippen molar-refractivity contribution in [3.8, 4) is 11.5 Å². The van der Waals surface area contributed by atoms with Gasteiger partial charge in [-0.2, -0.15) is 0 Å². The van der Waals surface area contributed by atoms with E-state index in [2.05, 4.69) is 17.0 Å². The van der Waals surface area contributed by atoms with Gasteiger partial charge in [0, 0.05) is 19.1 Å². The smallest absolute Gasteiger partial charge is 0.119 e. The Morgan fingerprint density at radius 1 is 0.957 bits per heavy atom. The Hall–Kier alpha value is -2.00. The molecule has 0 bridgehead atoms. The summed E-state index contributed by atoms with van der Waals surface area (Å²) in [5.41, 5.74) is 1.35. The van der Waals surface area contributed by atoms with Gasteiger partial charge in [-0.25, -0.2) is 0 Å². The van der Waals surface area contributed by atoms with Gasteiger partial charge in [-0.1, -0.05) is 30.3 Å². The Morgan fingerprint density at radius 3 is 2.35 bits per heavy atom. The minimum Gasteiger partial charge on any atom is -0.497 e. The second kappa shape index (κ2) is 8.02. The lowest BCUT2D eigenvalue weighted by molar-refractivity contribution is 0.220. The maximum absolute atomic E-state index is 5.79. The molecule has 0 amide bonds. The zero-order valence-electron chi connectivity index (χ0n) is 13.8. The van der Waals surface area contributed by atoms with E-state index in [-0.39, 0.29) is 0 Å². The lowest BCUT2D eigenvalue weighted by Crippen LogP contribution is -2.27. The van der Waals surface area contributed by atoms with Crippen LogP contribution in [0.3, 0.4) is 0 Å². The van der Waals surface area contributed by atoms with Crippen LogP contribution in [0.2, 0.25) is 0 Å². The van der Waals surface area contributed by atoms with E-state index in [9.17, 15) is 0 Å². The lowest BCUT2D eigenvalue weighted by Gasteiger charge is -2.22. The Morgan fingerprint density at radius 2 is 1.70 bits per heavy atom. The number of rotatable bonds is 9. The van der Waals surface area contributed by atoms with Gasteiger partial charge in [-0.05, 0) is 49.1 Å². The van der Waals surface area contributed by atoms with E-state index in [4.69, 9.17) is 9.47 Å². The van der Waals surface area contributed by atoms with E-state index in [0.29, 0.717) is 0 Å². The van der Waals surface area contributed by atoms with Crippen molar-refractivity contribution in [3.63, 3.8) is 0 Å². The summed E-state index contributed by atoms with van der Waals surface area (Å²) >= 11 is 0. The summed E-state index contributed by atoms with van der Waals surface area (Å²) in [7, 11) is 1.71. The van der Waals surface area contributed by atoms with Crippen LogP contribution in [0.25, 0.3) is 0 Å². The van der Waals surface area contributed by atoms with Crippen LogP contribution in [0, 0.1) is 0 Å². The molecule has 0 saturated heterocycles. The molecule has 0 aromatic heterocycles. The number of nitrogens with zero attached hydrogens (tertiary/aromatic N) is 1. The SMILES string of the molecule is COc1ccc(CN(CCCOc2ccccc2)C2CC2)cc1. The number of ether oxygens (including phenoxy) is 2. The molecule has 0 unspecified atom stereocenters. The number of benzene rings is 2. The lowest BCUT2D eigenvalue weighted by atomic mass is 10.2. The zero-order chi connectivity index (χ0) is 15.9. The van der Waals surface area contributed by atoms with Crippen LogP contribution in [0.5, 0.6) is 11.5 Å². The second-order valence-corrected chi connectivity index (χ2v) is 6.06. The van der Waals surface area contributed by atoms with E-state index in [1.54, 1.807) is 7.11 Å². The molecule has 0 radical (unpaired) electrons. The third-order valence-corrected chi connectivity index (χ3v) is 4.21. The van der Waals surface area contributed by atoms with Gasteiger partial charge in [0.1, 0.15) is 11.5 Å². The van der Waals surface area contributed by atoms with Gasteiger partial charge in [-0.3, -0.25) is 4.90 Å². The molecule has 0 N–H and O–H groups in total. The highest BCUT2D eigenvalue weighted by Crippen LogP contribution is 2.28. The maximum Gasteiger partial charge on any atom is 0.119 e. The van der Waals surface area contributed by atoms with Crippen LogP contribution in [0.4, 0.5) is 0 Å². The van der Waals surface area contributed by atoms with Crippen molar-refractivity contribution in [1.82, 2.24) is 4.90 Å². The fourth-order valence-corrected chi connectivity index (χ4v) is 2.77. The van der Waals surface area contributed by atoms with E-state index in [1.807, 2.05) is 42.5 Å². The number of para-hydroxylation sites is 1. The van der Waals surface area contributed by atoms with Gasteiger partial charge in [0.2, 0.25) is 0 Å². The molecule has 2 aromatic rings. The Kier molecular flexibility index (Phi) is 5.54. The number of hydrogen-bond donors (Lipinski definition) is 0. The first-order valence-electron chi connectivity index (χ1n) is 8.40. The molecule has 2 aromatic carbocycles. The minimum atomic E-state index is 0.758. The molecule has 0 spiro atoms. The molecule has 1 fully saturated rings. The first-order valence-corrected chi connectivity index (χ1v) is 8.40. The first-order chi connectivity index (χ1) is 11.3. The molecule has 3 heteroatoms. The highest BCUT2D eigenvalue weighted by molar-refractivity contribution is 5.27. The second-order valence-electron chi connectivity index (χ2n) is 6.06. The zero-order valence-corrected chi connectivity index (χ0v) is 13.8. The Balaban J connectivity index is 1.45. The molecule has 0 heterocycles. The van der Waals surface area contributed by atoms with Crippen molar-refractivity contribution >= 4 is 0 Å². The summed E-state index contributed by atoms with van der Waals surface area (Å²) in [5.74, 6) is 1.88. The molecule has 1 aliphatic rings. The predicted octanol–water partition coefficient (Wildman–Crippen LogP) is 4.13. The van der Waals surface area contributed by atoms with Crippen LogP contribution in [0.1, 0.15) is 24.8 Å². The number of methoxy groups -OCH3 is 1. The molecule has 1 saturated carbocycles. The van der Waals surface area contributed by atoms with Crippen LogP contribution in [0.15, 0.2) is 54.6 Å². The first kappa shape index (κ1) is 15.9. The quantitative estimate of drug-likeness (QED) is 0.650. The van der Waals surface area contributed by atoms with E-state index in [1.165, 1.54) is 18.4 Å². The van der Waals surface area contributed by atoms with E-state index < -0.39 is 0 Å². The molecule has 3 rings (SSSR count). The number of hydrogen-bond acceptors (Lipinski definition) is 3. The summed E-state index contributed by atoms with van der Waals surface area (Å²) in [4.78, 5) is 2.58. The van der Waals surface area contributed by atoms with E-state index in [0.717, 1.165) is 43.7 Å². The molecule has 1 aliphatic carbocycles. The standard InChI is InChI=1S/C20H25NO2/c1-22-19-12-8-17(9-13-19)16-21(18-10-11-18)14-5-15-23-20-6-3-2-4-7-20/h2-4,6-9,12-13,18H,5,10-11,14-16H2,1H3. The Bertz CT molecular complexity index is 578. The normalized spacial score (nSPS) is 14.0. The van der Waals surface area contributed by atoms with Gasteiger partial charge < -0.3 is 9.47 Å². The molecular formula is C20H25NO2. The highest BCUT2D eigenvalue weighted by atomic mass is 16.5. The summed E-state index contributed by atoms with van der Waals surface area (Å²) in [6.45, 7) is 2.87. The molecule has 122 valence electrons. The maximum atomic E-state index is 5.79. The Labute approximate surface area is 138 Å². The van der Waals surface area contributed by atoms with Crippen LogP contribution in [-0.2, 0) is 6.54 Å². The minimum absolute atomic E-state index is 0.758. The van der Waals surface area contributed by atoms with Crippen molar-refractivity contribution in [2.75, 3.05) is 20.3 Å².